The zero-order valence-corrected chi connectivity index (χ0v) is 13.2. The van der Waals surface area contributed by atoms with E-state index in [0.29, 0.717) is 5.56 Å². The molecule has 0 aliphatic carbocycles. The van der Waals surface area contributed by atoms with Gasteiger partial charge in [0.2, 0.25) is 0 Å². The van der Waals surface area contributed by atoms with E-state index in [-0.39, 0.29) is 5.57 Å². The lowest BCUT2D eigenvalue weighted by Crippen LogP contribution is -1.93. The van der Waals surface area contributed by atoms with Gasteiger partial charge in [-0.2, -0.15) is 0 Å². The number of hydrogen-bond donors (Lipinski definition) is 3. The number of nitrogens with two attached hydrogens (primary N) is 1. The van der Waals surface area contributed by atoms with Crippen LogP contribution in [0.3, 0.4) is 0 Å². The van der Waals surface area contributed by atoms with Gasteiger partial charge in [0.15, 0.2) is 0 Å². The first-order valence-corrected chi connectivity index (χ1v) is 6.74. The van der Waals surface area contributed by atoms with Gasteiger partial charge < -0.3 is 15.9 Å². The van der Waals surface area contributed by atoms with Crippen LogP contribution in [0, 0.1) is 6.92 Å². The molecule has 0 aliphatic rings. The van der Waals surface area contributed by atoms with Crippen molar-refractivity contribution in [2.45, 2.75) is 13.8 Å². The van der Waals surface area contributed by atoms with E-state index in [1.807, 2.05) is 31.2 Å². The lowest BCUT2D eigenvalue weighted by Gasteiger charge is -1.93. The van der Waals surface area contributed by atoms with Gasteiger partial charge in [-0.25, -0.2) is 9.59 Å². The standard InChI is InChI=1S/C7H9N.C7H6O2.C4H6O2/c1-6-4-2-3-5-7(6)8;8-7(9)6-4-2-1-3-5-6;1-3(2)4(5)6/h2-5H,8H2,1H3;1-5H,(H,8,9);1H2,2H3,(H,5,6). The number of hydrogen-bond acceptors (Lipinski definition) is 3. The number of carbonyl (C=O) groups is 2. The fourth-order valence-electron chi connectivity index (χ4n) is 1.17. The van der Waals surface area contributed by atoms with Gasteiger partial charge in [-0.05, 0) is 37.6 Å². The zero-order valence-electron chi connectivity index (χ0n) is 13.2. The first-order valence-electron chi connectivity index (χ1n) is 6.74. The summed E-state index contributed by atoms with van der Waals surface area (Å²) >= 11 is 0. The van der Waals surface area contributed by atoms with E-state index < -0.39 is 11.9 Å². The molecule has 122 valence electrons. The molecule has 0 saturated heterocycles. The van der Waals surface area contributed by atoms with E-state index in [1.54, 1.807) is 30.3 Å². The van der Waals surface area contributed by atoms with Crippen LogP contribution < -0.4 is 5.73 Å². The second kappa shape index (κ2) is 10.6. The molecule has 5 nitrogen and oxygen atoms in total. The predicted molar refractivity (Wildman–Crippen MR) is 91.4 cm³/mol. The highest BCUT2D eigenvalue weighted by molar-refractivity contribution is 5.87. The molecule has 0 radical (unpaired) electrons. The van der Waals surface area contributed by atoms with E-state index in [4.69, 9.17) is 15.9 Å². The molecule has 0 atom stereocenters. The third-order valence-electron chi connectivity index (χ3n) is 2.57. The van der Waals surface area contributed by atoms with Crippen molar-refractivity contribution < 1.29 is 19.8 Å². The Kier molecular flexibility index (Phi) is 9.20. The third kappa shape index (κ3) is 9.47. The molecular formula is C18H21NO4. The normalized spacial score (nSPS) is 8.61. The summed E-state index contributed by atoms with van der Waals surface area (Å²) in [6, 6.07) is 16.1. The van der Waals surface area contributed by atoms with Crippen molar-refractivity contribution in [2.24, 2.45) is 0 Å². The van der Waals surface area contributed by atoms with Crippen LogP contribution in [-0.4, -0.2) is 22.2 Å². The molecule has 23 heavy (non-hydrogen) atoms. The molecule has 4 N–H and O–H groups in total. The minimum absolute atomic E-state index is 0.176. The average Bonchev–Trinajstić information content (AvgIpc) is 2.52. The van der Waals surface area contributed by atoms with Crippen molar-refractivity contribution in [2.75, 3.05) is 5.73 Å². The molecule has 0 saturated carbocycles. The van der Waals surface area contributed by atoms with E-state index in [2.05, 4.69) is 6.58 Å². The smallest absolute Gasteiger partial charge is 0.335 e. The molecule has 0 amide bonds. The van der Waals surface area contributed by atoms with Crippen LogP contribution in [0.15, 0.2) is 66.7 Å². The Labute approximate surface area is 135 Å². The summed E-state index contributed by atoms with van der Waals surface area (Å²) in [5.74, 6) is -1.81. The molecule has 0 aliphatic heterocycles. The Morgan fingerprint density at radius 1 is 0.957 bits per heavy atom. The topological polar surface area (TPSA) is 101 Å². The summed E-state index contributed by atoms with van der Waals surface area (Å²) in [4.78, 5) is 19.8. The molecule has 0 bridgehead atoms. The lowest BCUT2D eigenvalue weighted by molar-refractivity contribution is -0.132. The van der Waals surface area contributed by atoms with Crippen LogP contribution in [0.5, 0.6) is 0 Å². The van der Waals surface area contributed by atoms with Crippen LogP contribution in [0.2, 0.25) is 0 Å². The number of benzene rings is 2. The van der Waals surface area contributed by atoms with Crippen molar-refractivity contribution in [1.29, 1.82) is 0 Å². The van der Waals surface area contributed by atoms with E-state index in [1.165, 1.54) is 6.92 Å². The number of carboxylic acids is 2. The highest BCUT2D eigenvalue weighted by Crippen LogP contribution is 2.06. The number of nitrogen functional groups attached to an aromatic ring is 1. The lowest BCUT2D eigenvalue weighted by atomic mass is 10.2. The third-order valence-corrected chi connectivity index (χ3v) is 2.57. The number of aryl methyl sites for hydroxylation is 1. The molecule has 2 rings (SSSR count). The van der Waals surface area contributed by atoms with Gasteiger partial charge in [0.25, 0.3) is 0 Å². The zero-order chi connectivity index (χ0) is 17.8. The summed E-state index contributed by atoms with van der Waals surface area (Å²) in [5.41, 5.74) is 8.04. The van der Waals surface area contributed by atoms with Crippen molar-refractivity contribution in [3.8, 4) is 0 Å². The summed E-state index contributed by atoms with van der Waals surface area (Å²) in [7, 11) is 0. The van der Waals surface area contributed by atoms with Gasteiger partial charge in [0, 0.05) is 11.3 Å². The molecular weight excluding hydrogens is 294 g/mol. The minimum atomic E-state index is -0.935. The molecule has 0 unspecified atom stereocenters. The number of carboxylic acid groups (broad SMARTS) is 2. The number of aromatic carboxylic acids is 1. The van der Waals surface area contributed by atoms with E-state index >= 15 is 0 Å². The maximum absolute atomic E-state index is 10.2. The fraction of sp³-hybridized carbons (Fsp3) is 0.111. The molecule has 2 aromatic rings. The van der Waals surface area contributed by atoms with Crippen molar-refractivity contribution in [3.63, 3.8) is 0 Å². The molecule has 2 aromatic carbocycles. The van der Waals surface area contributed by atoms with Crippen LogP contribution in [0.4, 0.5) is 5.69 Å². The first-order chi connectivity index (χ1) is 10.8. The number of para-hydroxylation sites is 1. The SMILES string of the molecule is C=C(C)C(=O)O.Cc1ccccc1N.O=C(O)c1ccccc1. The maximum atomic E-state index is 10.2. The first kappa shape index (κ1) is 19.9. The van der Waals surface area contributed by atoms with Crippen molar-refractivity contribution >= 4 is 17.6 Å². The van der Waals surface area contributed by atoms with Gasteiger partial charge in [0.05, 0.1) is 5.56 Å². The number of rotatable bonds is 2. The van der Waals surface area contributed by atoms with Crippen LogP contribution >= 0.6 is 0 Å². The number of anilines is 1. The Bertz CT molecular complexity index is 618. The molecule has 0 fully saturated rings. The second-order valence-corrected chi connectivity index (χ2v) is 4.61. The van der Waals surface area contributed by atoms with Gasteiger partial charge in [-0.15, -0.1) is 0 Å². The van der Waals surface area contributed by atoms with Gasteiger partial charge in [-0.1, -0.05) is 43.0 Å². The Morgan fingerprint density at radius 2 is 1.39 bits per heavy atom. The Hall–Kier alpha value is -3.08. The monoisotopic (exact) mass is 315 g/mol. The van der Waals surface area contributed by atoms with Crippen LogP contribution in [0.25, 0.3) is 0 Å². The summed E-state index contributed by atoms with van der Waals surface area (Å²) < 4.78 is 0. The Morgan fingerprint density at radius 3 is 1.65 bits per heavy atom. The van der Waals surface area contributed by atoms with Crippen molar-refractivity contribution in [1.82, 2.24) is 0 Å². The van der Waals surface area contributed by atoms with Gasteiger partial charge in [-0.3, -0.25) is 0 Å². The van der Waals surface area contributed by atoms with Crippen molar-refractivity contribution in [3.05, 3.63) is 77.9 Å². The molecule has 0 heterocycles. The van der Waals surface area contributed by atoms with E-state index in [0.717, 1.165) is 11.3 Å². The van der Waals surface area contributed by atoms with Gasteiger partial charge in [0.1, 0.15) is 0 Å². The minimum Gasteiger partial charge on any atom is -0.478 e. The molecule has 5 heteroatoms. The van der Waals surface area contributed by atoms with Crippen LogP contribution in [0.1, 0.15) is 22.8 Å². The summed E-state index contributed by atoms with van der Waals surface area (Å²) in [6.07, 6.45) is 0. The molecule has 0 spiro atoms. The van der Waals surface area contributed by atoms with Gasteiger partial charge >= 0.3 is 11.9 Å². The highest BCUT2D eigenvalue weighted by atomic mass is 16.4. The number of aliphatic carboxylic acids is 1. The maximum Gasteiger partial charge on any atom is 0.335 e. The molecule has 0 aromatic heterocycles. The second-order valence-electron chi connectivity index (χ2n) is 4.61. The Balaban J connectivity index is 0.000000323. The quantitative estimate of drug-likeness (QED) is 0.580. The largest absolute Gasteiger partial charge is 0.478 e. The van der Waals surface area contributed by atoms with E-state index in [9.17, 15) is 9.59 Å². The average molecular weight is 315 g/mol. The predicted octanol–water partition coefficient (Wildman–Crippen LogP) is 3.61. The highest BCUT2D eigenvalue weighted by Gasteiger charge is 1.96. The fourth-order valence-corrected chi connectivity index (χ4v) is 1.17. The summed E-state index contributed by atoms with van der Waals surface area (Å²) in [6.45, 7) is 6.60. The van der Waals surface area contributed by atoms with Crippen LogP contribution in [-0.2, 0) is 4.79 Å². The summed E-state index contributed by atoms with van der Waals surface area (Å²) in [5, 5.41) is 16.3.